The second-order valence-electron chi connectivity index (χ2n) is 5.28. The second kappa shape index (κ2) is 5.23. The third-order valence-corrected chi connectivity index (χ3v) is 4.45. The Balaban J connectivity index is 2.32. The molecule has 1 unspecified atom stereocenters. The highest BCUT2D eigenvalue weighted by Gasteiger charge is 2.54. The number of nitro groups is 1. The molecule has 0 aliphatic heterocycles. The van der Waals surface area contributed by atoms with Crippen LogP contribution in [0.25, 0.3) is 0 Å². The number of nitro benzene ring substituents is 1. The minimum atomic E-state index is -0.476. The first-order valence-electron chi connectivity index (χ1n) is 6.90. The van der Waals surface area contributed by atoms with Crippen LogP contribution in [-0.4, -0.2) is 16.8 Å². The van der Waals surface area contributed by atoms with Gasteiger partial charge in [-0.15, -0.1) is 0 Å². The molecule has 1 fully saturated rings. The van der Waals surface area contributed by atoms with E-state index in [-0.39, 0.29) is 17.6 Å². The number of ketones is 1. The topological polar surface area (TPSA) is 69.4 Å². The summed E-state index contributed by atoms with van der Waals surface area (Å²) < 4.78 is 5.88. The fourth-order valence-corrected chi connectivity index (χ4v) is 2.95. The van der Waals surface area contributed by atoms with Gasteiger partial charge in [0.2, 0.25) is 0 Å². The molecule has 5 heteroatoms. The molecule has 0 spiro atoms. The molecular weight excluding hydrogens is 258 g/mol. The molecule has 1 aliphatic carbocycles. The van der Waals surface area contributed by atoms with E-state index in [0.29, 0.717) is 25.0 Å². The molecule has 0 bridgehead atoms. The fraction of sp³-hybridized carbons (Fsp3) is 0.533. The average molecular weight is 277 g/mol. The Labute approximate surface area is 118 Å². The van der Waals surface area contributed by atoms with Crippen LogP contribution in [-0.2, 0) is 4.79 Å². The number of ether oxygens (including phenoxy) is 1. The van der Waals surface area contributed by atoms with Crippen LogP contribution in [0.1, 0.15) is 38.7 Å². The molecule has 0 radical (unpaired) electrons. The quantitative estimate of drug-likeness (QED) is 0.610. The van der Waals surface area contributed by atoms with E-state index in [4.69, 9.17) is 4.74 Å². The molecule has 0 heterocycles. The zero-order valence-corrected chi connectivity index (χ0v) is 12.0. The van der Waals surface area contributed by atoms with Crippen molar-refractivity contribution < 1.29 is 14.5 Å². The van der Waals surface area contributed by atoms with Crippen LogP contribution in [0.15, 0.2) is 18.2 Å². The molecule has 20 heavy (non-hydrogen) atoms. The predicted molar refractivity (Wildman–Crippen MR) is 74.9 cm³/mol. The molecule has 0 N–H and O–H groups in total. The normalized spacial score (nSPS) is 20.4. The van der Waals surface area contributed by atoms with Gasteiger partial charge in [-0.25, -0.2) is 0 Å². The Kier molecular flexibility index (Phi) is 3.79. The number of aryl methyl sites for hydroxylation is 1. The van der Waals surface area contributed by atoms with Crippen LogP contribution in [0.4, 0.5) is 5.69 Å². The summed E-state index contributed by atoms with van der Waals surface area (Å²) in [7, 11) is 0. The third-order valence-electron chi connectivity index (χ3n) is 4.45. The summed E-state index contributed by atoms with van der Waals surface area (Å²) in [4.78, 5) is 22.5. The number of hydrogen-bond acceptors (Lipinski definition) is 4. The van der Waals surface area contributed by atoms with Crippen molar-refractivity contribution in [2.75, 3.05) is 0 Å². The summed E-state index contributed by atoms with van der Waals surface area (Å²) in [6.07, 6.45) is 1.48. The van der Waals surface area contributed by atoms with Gasteiger partial charge < -0.3 is 4.74 Å². The summed E-state index contributed by atoms with van der Waals surface area (Å²) in [5.41, 5.74) is 0.209. The highest BCUT2D eigenvalue weighted by Crippen LogP contribution is 2.47. The molecule has 1 saturated carbocycles. The lowest BCUT2D eigenvalue weighted by molar-refractivity contribution is -0.386. The zero-order chi connectivity index (χ0) is 14.9. The maximum absolute atomic E-state index is 11.9. The van der Waals surface area contributed by atoms with E-state index in [0.717, 1.165) is 5.56 Å². The van der Waals surface area contributed by atoms with Crippen molar-refractivity contribution in [2.45, 2.75) is 46.1 Å². The smallest absolute Gasteiger partial charge is 0.311 e. The predicted octanol–water partition coefficient (Wildman–Crippen LogP) is 3.43. The third kappa shape index (κ3) is 2.07. The fourth-order valence-electron chi connectivity index (χ4n) is 2.95. The highest BCUT2D eigenvalue weighted by molar-refractivity contribution is 5.92. The summed E-state index contributed by atoms with van der Waals surface area (Å²) in [5, 5.41) is 11.1. The zero-order valence-electron chi connectivity index (χ0n) is 12.0. The lowest BCUT2D eigenvalue weighted by atomic mass is 9.61. The Morgan fingerprint density at radius 1 is 1.40 bits per heavy atom. The van der Waals surface area contributed by atoms with Gasteiger partial charge in [0, 0.05) is 12.5 Å². The molecule has 0 aromatic heterocycles. The standard InChI is InChI=1S/C15H19NO4/c1-4-15(5-2)12(17)9-13(15)20-14-10(3)7-6-8-11(14)16(18)19/h6-8,13H,4-5,9H2,1-3H3. The average Bonchev–Trinajstić information content (AvgIpc) is 2.41. The van der Waals surface area contributed by atoms with Gasteiger partial charge in [-0.05, 0) is 25.3 Å². The van der Waals surface area contributed by atoms with Gasteiger partial charge >= 0.3 is 5.69 Å². The monoisotopic (exact) mass is 277 g/mol. The SMILES string of the molecule is CCC1(CC)C(=O)CC1Oc1c(C)cccc1[N+](=O)[O-]. The van der Waals surface area contributed by atoms with E-state index in [1.54, 1.807) is 19.1 Å². The molecule has 0 saturated heterocycles. The van der Waals surface area contributed by atoms with Crippen LogP contribution in [0.3, 0.4) is 0 Å². The maximum atomic E-state index is 11.9. The molecule has 5 nitrogen and oxygen atoms in total. The lowest BCUT2D eigenvalue weighted by Crippen LogP contribution is -2.56. The first-order valence-corrected chi connectivity index (χ1v) is 6.90. The Bertz CT molecular complexity index is 549. The van der Waals surface area contributed by atoms with E-state index < -0.39 is 10.3 Å². The van der Waals surface area contributed by atoms with Gasteiger partial charge in [-0.1, -0.05) is 26.0 Å². The number of carbonyl (C=O) groups excluding carboxylic acids is 1. The number of Topliss-reactive ketones (excluding diaryl/α,β-unsaturated/α-hetero) is 1. The van der Waals surface area contributed by atoms with Crippen molar-refractivity contribution in [3.05, 3.63) is 33.9 Å². The van der Waals surface area contributed by atoms with E-state index in [2.05, 4.69) is 0 Å². The maximum Gasteiger partial charge on any atom is 0.311 e. The van der Waals surface area contributed by atoms with Crippen molar-refractivity contribution >= 4 is 11.5 Å². The number of benzene rings is 1. The molecule has 1 aromatic rings. The Morgan fingerprint density at radius 3 is 2.55 bits per heavy atom. The van der Waals surface area contributed by atoms with Crippen LogP contribution >= 0.6 is 0 Å². The summed E-state index contributed by atoms with van der Waals surface area (Å²) in [6.45, 7) is 5.70. The summed E-state index contributed by atoms with van der Waals surface area (Å²) >= 11 is 0. The largest absolute Gasteiger partial charge is 0.482 e. The first kappa shape index (κ1) is 14.5. The van der Waals surface area contributed by atoms with Gasteiger partial charge in [0.15, 0.2) is 5.75 Å². The molecule has 2 rings (SSSR count). The van der Waals surface area contributed by atoms with E-state index in [1.807, 2.05) is 13.8 Å². The highest BCUT2D eigenvalue weighted by atomic mass is 16.6. The van der Waals surface area contributed by atoms with Crippen molar-refractivity contribution in [3.63, 3.8) is 0 Å². The second-order valence-corrected chi connectivity index (χ2v) is 5.28. The lowest BCUT2D eigenvalue weighted by Gasteiger charge is -2.46. The molecular formula is C15H19NO4. The van der Waals surface area contributed by atoms with Crippen LogP contribution in [0.2, 0.25) is 0 Å². The van der Waals surface area contributed by atoms with Crippen molar-refractivity contribution in [2.24, 2.45) is 5.41 Å². The van der Waals surface area contributed by atoms with Gasteiger partial charge in [0.25, 0.3) is 0 Å². The molecule has 1 atom stereocenters. The van der Waals surface area contributed by atoms with E-state index >= 15 is 0 Å². The van der Waals surface area contributed by atoms with Crippen LogP contribution in [0, 0.1) is 22.5 Å². The van der Waals surface area contributed by atoms with Gasteiger partial charge in [0.05, 0.1) is 10.3 Å². The summed E-state index contributed by atoms with van der Waals surface area (Å²) in [6, 6.07) is 4.85. The number of nitrogens with zero attached hydrogens (tertiary/aromatic N) is 1. The van der Waals surface area contributed by atoms with Crippen molar-refractivity contribution in [3.8, 4) is 5.75 Å². The Hall–Kier alpha value is -1.91. The minimum absolute atomic E-state index is 0.0366. The number of hydrogen-bond donors (Lipinski definition) is 0. The van der Waals surface area contributed by atoms with Gasteiger partial charge in [-0.2, -0.15) is 0 Å². The first-order chi connectivity index (χ1) is 9.46. The van der Waals surface area contributed by atoms with Crippen molar-refractivity contribution in [1.82, 2.24) is 0 Å². The minimum Gasteiger partial charge on any atom is -0.482 e. The molecule has 0 amide bonds. The number of carbonyl (C=O) groups is 1. The number of rotatable bonds is 5. The molecule has 108 valence electrons. The van der Waals surface area contributed by atoms with Crippen molar-refractivity contribution in [1.29, 1.82) is 0 Å². The van der Waals surface area contributed by atoms with Gasteiger partial charge in [-0.3, -0.25) is 14.9 Å². The van der Waals surface area contributed by atoms with Crippen LogP contribution < -0.4 is 4.74 Å². The van der Waals surface area contributed by atoms with Crippen LogP contribution in [0.5, 0.6) is 5.75 Å². The molecule has 1 aliphatic rings. The number of para-hydroxylation sites is 1. The van der Waals surface area contributed by atoms with E-state index in [9.17, 15) is 14.9 Å². The molecule has 1 aromatic carbocycles. The Morgan fingerprint density at radius 2 is 2.05 bits per heavy atom. The summed E-state index contributed by atoms with van der Waals surface area (Å²) in [5.74, 6) is 0.491. The van der Waals surface area contributed by atoms with Gasteiger partial charge in [0.1, 0.15) is 11.9 Å². The van der Waals surface area contributed by atoms with E-state index in [1.165, 1.54) is 6.07 Å².